The van der Waals surface area contributed by atoms with Crippen molar-refractivity contribution in [2.75, 3.05) is 6.61 Å². The highest BCUT2D eigenvalue weighted by atomic mass is 35.5. The minimum absolute atomic E-state index is 0.0495. The van der Waals surface area contributed by atoms with Crippen LogP contribution >= 0.6 is 11.6 Å². The van der Waals surface area contributed by atoms with E-state index in [-0.39, 0.29) is 52.0 Å². The van der Waals surface area contributed by atoms with Gasteiger partial charge >= 0.3 is 18.8 Å². The smallest absolute Gasteiger partial charge is 0.411 e. The minimum Gasteiger partial charge on any atom is -0.447 e. The summed E-state index contributed by atoms with van der Waals surface area (Å²) >= 11 is 6.41. The molecule has 3 heterocycles. The second-order valence-electron chi connectivity index (χ2n) is 15.0. The maximum atomic E-state index is 15.0. The number of benzene rings is 1. The number of nitrogens with zero attached hydrogens (tertiary/aromatic N) is 8. The maximum absolute atomic E-state index is 15.0. The lowest BCUT2D eigenvalue weighted by atomic mass is 9.69. The number of ether oxygens (including phenoxy) is 1. The Balaban J connectivity index is 1.25. The minimum atomic E-state index is -4.77. The SMILES string of the molecule is CC(C)(C[C@]1(C2C=CC(c3cnn(C4CC4)n3)=CC2)N=C(N)N([C@H](COC(=O)NC2(C(F)(F)F)CC2)c2ccc(Cl)c(-c3ncnn3C(F)F)c2)C1=O)C(F)F. The monoisotopic (exact) mass is 812 g/mol. The second kappa shape index (κ2) is 14.2. The first-order valence-electron chi connectivity index (χ1n) is 17.6. The summed E-state index contributed by atoms with van der Waals surface area (Å²) < 4.78 is 103. The molecule has 13 nitrogen and oxygen atoms in total. The standard InChI is InChI=1S/C35H36ClF7N10O3/c1-32(2,27(37)38)16-34(20-6-3-18(4-7-20)24-14-46-53(50-24)21-8-9-21)28(54)51(30(44)48-34)25(15-56-31(55)49-33(11-12-33)35(41,42)43)19-5-10-23(36)22(13-19)26-45-17-47-52(26)29(39)40/h3-6,10,13-14,17,20-21,25,27,29H,7-9,11-12,15-16H2,1-2H3,(H2,44,48)(H,49,55)/t20?,25-,34-/m1/s1. The molecule has 2 fully saturated rings. The molecule has 4 aliphatic rings. The maximum Gasteiger partial charge on any atom is 0.411 e. The van der Waals surface area contributed by atoms with Crippen molar-refractivity contribution in [1.82, 2.24) is 40.0 Å². The predicted molar refractivity (Wildman–Crippen MR) is 186 cm³/mol. The van der Waals surface area contributed by atoms with Crippen molar-refractivity contribution < 1.29 is 45.1 Å². The number of aromatic nitrogens is 6. The summed E-state index contributed by atoms with van der Waals surface area (Å²) in [5.41, 5.74) is 1.47. The van der Waals surface area contributed by atoms with Crippen LogP contribution in [0.25, 0.3) is 17.0 Å². The number of hydrogen-bond donors (Lipinski definition) is 2. The molecule has 7 rings (SSSR count). The van der Waals surface area contributed by atoms with Gasteiger partial charge in [-0.3, -0.25) is 9.69 Å². The molecular formula is C35H36ClF7N10O3. The Kier molecular flexibility index (Phi) is 9.93. The summed E-state index contributed by atoms with van der Waals surface area (Å²) in [6, 6.07) is 2.63. The normalized spacial score (nSPS) is 22.8. The van der Waals surface area contributed by atoms with Gasteiger partial charge in [0.1, 0.15) is 24.2 Å². The largest absolute Gasteiger partial charge is 0.447 e. The van der Waals surface area contributed by atoms with Crippen molar-refractivity contribution in [2.45, 2.75) is 94.7 Å². The number of aliphatic imine (C=N–C) groups is 1. The third kappa shape index (κ3) is 7.22. The number of allylic oxidation sites excluding steroid dienone is 3. The van der Waals surface area contributed by atoms with Crippen LogP contribution in [-0.4, -0.2) is 82.9 Å². The van der Waals surface area contributed by atoms with Gasteiger partial charge in [0.05, 0.1) is 23.3 Å². The summed E-state index contributed by atoms with van der Waals surface area (Å²) in [4.78, 5) is 38.9. The molecule has 3 aliphatic carbocycles. The van der Waals surface area contributed by atoms with Crippen LogP contribution in [-0.2, 0) is 9.53 Å². The van der Waals surface area contributed by atoms with Crippen LogP contribution in [0.15, 0.2) is 53.9 Å². The lowest BCUT2D eigenvalue weighted by molar-refractivity contribution is -0.164. The van der Waals surface area contributed by atoms with Crippen molar-refractivity contribution in [3.8, 4) is 11.4 Å². The number of halogens is 8. The fraction of sp³-hybridized carbons (Fsp3) is 0.514. The molecule has 1 aliphatic heterocycles. The zero-order chi connectivity index (χ0) is 40.4. The van der Waals surface area contributed by atoms with E-state index >= 15 is 0 Å². The molecule has 0 spiro atoms. The Morgan fingerprint density at radius 3 is 2.48 bits per heavy atom. The first-order chi connectivity index (χ1) is 26.4. The number of alkyl halides is 7. The average molecular weight is 813 g/mol. The van der Waals surface area contributed by atoms with Crippen LogP contribution in [0.4, 0.5) is 35.5 Å². The summed E-state index contributed by atoms with van der Waals surface area (Å²) in [6.45, 7) is -1.42. The Morgan fingerprint density at radius 2 is 1.88 bits per heavy atom. The number of guanidine groups is 1. The first-order valence-corrected chi connectivity index (χ1v) is 18.0. The van der Waals surface area contributed by atoms with E-state index in [4.69, 9.17) is 22.1 Å². The molecule has 0 bridgehead atoms. The lowest BCUT2D eigenvalue weighted by Gasteiger charge is -2.39. The lowest BCUT2D eigenvalue weighted by Crippen LogP contribution is -2.53. The molecule has 1 aromatic carbocycles. The highest BCUT2D eigenvalue weighted by molar-refractivity contribution is 6.33. The van der Waals surface area contributed by atoms with E-state index in [0.29, 0.717) is 11.3 Å². The highest BCUT2D eigenvalue weighted by Gasteiger charge is 2.65. The van der Waals surface area contributed by atoms with Gasteiger partial charge in [0.15, 0.2) is 17.3 Å². The molecule has 300 valence electrons. The van der Waals surface area contributed by atoms with Gasteiger partial charge in [-0.1, -0.05) is 49.7 Å². The molecule has 2 amide bonds. The quantitative estimate of drug-likeness (QED) is 0.174. The van der Waals surface area contributed by atoms with E-state index in [0.717, 1.165) is 24.1 Å². The Hall–Kier alpha value is -5.01. The van der Waals surface area contributed by atoms with Crippen molar-refractivity contribution in [2.24, 2.45) is 22.1 Å². The number of hydrogen-bond acceptors (Lipinski definition) is 9. The zero-order valence-corrected chi connectivity index (χ0v) is 30.6. The molecule has 2 aromatic heterocycles. The van der Waals surface area contributed by atoms with Gasteiger partial charge in [0.25, 0.3) is 5.91 Å². The van der Waals surface area contributed by atoms with E-state index in [1.807, 2.05) is 5.32 Å². The number of amides is 2. The van der Waals surface area contributed by atoms with Gasteiger partial charge in [0.2, 0.25) is 6.43 Å². The van der Waals surface area contributed by atoms with Gasteiger partial charge in [-0.05, 0) is 61.8 Å². The van der Waals surface area contributed by atoms with Crippen LogP contribution in [0.1, 0.15) is 82.3 Å². The van der Waals surface area contributed by atoms with Gasteiger partial charge in [0, 0.05) is 16.9 Å². The molecule has 56 heavy (non-hydrogen) atoms. The van der Waals surface area contributed by atoms with Crippen LogP contribution in [0.3, 0.4) is 0 Å². The van der Waals surface area contributed by atoms with Gasteiger partial charge < -0.3 is 15.8 Å². The summed E-state index contributed by atoms with van der Waals surface area (Å²) in [5.74, 6) is -2.55. The fourth-order valence-electron chi connectivity index (χ4n) is 7.05. The molecule has 0 saturated heterocycles. The summed E-state index contributed by atoms with van der Waals surface area (Å²) in [5, 5.41) is 14.1. The van der Waals surface area contributed by atoms with Crippen molar-refractivity contribution >= 4 is 35.1 Å². The van der Waals surface area contributed by atoms with Crippen LogP contribution in [0, 0.1) is 11.3 Å². The topological polar surface area (TPSA) is 158 Å². The number of rotatable bonds is 13. The molecule has 3 aromatic rings. The first kappa shape index (κ1) is 39.2. The van der Waals surface area contributed by atoms with Crippen LogP contribution < -0.4 is 11.1 Å². The number of carbonyl (C=O) groups excluding carboxylic acids is 2. The molecular weight excluding hydrogens is 777 g/mol. The molecule has 3 N–H and O–H groups in total. The van der Waals surface area contributed by atoms with Gasteiger partial charge in [-0.2, -0.15) is 46.7 Å². The highest BCUT2D eigenvalue weighted by Crippen LogP contribution is 2.50. The third-order valence-electron chi connectivity index (χ3n) is 10.5. The zero-order valence-electron chi connectivity index (χ0n) is 29.9. The Morgan fingerprint density at radius 1 is 1.14 bits per heavy atom. The van der Waals surface area contributed by atoms with Crippen LogP contribution in [0.2, 0.25) is 5.02 Å². The Bertz CT molecular complexity index is 2110. The van der Waals surface area contributed by atoms with Crippen molar-refractivity contribution in [3.63, 3.8) is 0 Å². The van der Waals surface area contributed by atoms with Crippen LogP contribution in [0.5, 0.6) is 0 Å². The fourth-order valence-corrected chi connectivity index (χ4v) is 7.25. The van der Waals surface area contributed by atoms with Gasteiger partial charge in [-0.25, -0.2) is 23.6 Å². The number of alkyl carbamates (subject to hydrolysis) is 1. The van der Waals surface area contributed by atoms with E-state index in [1.54, 1.807) is 29.2 Å². The van der Waals surface area contributed by atoms with E-state index in [2.05, 4.69) is 25.3 Å². The predicted octanol–water partition coefficient (Wildman–Crippen LogP) is 7.02. The molecule has 2 saturated carbocycles. The number of carbonyl (C=O) groups is 2. The number of nitrogens with one attached hydrogen (secondary N) is 1. The van der Waals surface area contributed by atoms with Crippen molar-refractivity contribution in [3.05, 3.63) is 65.2 Å². The molecule has 1 unspecified atom stereocenters. The van der Waals surface area contributed by atoms with E-state index in [9.17, 15) is 40.3 Å². The number of nitrogens with two attached hydrogens (primary N) is 1. The van der Waals surface area contributed by atoms with Gasteiger partial charge in [-0.15, -0.1) is 0 Å². The second-order valence-corrected chi connectivity index (χ2v) is 15.4. The molecule has 21 heteroatoms. The van der Waals surface area contributed by atoms with E-state index < -0.39 is 78.6 Å². The average Bonchev–Trinajstić information content (AvgIpc) is 4.01. The van der Waals surface area contributed by atoms with Crippen molar-refractivity contribution in [1.29, 1.82) is 0 Å². The summed E-state index contributed by atoms with van der Waals surface area (Å²) in [6.07, 6.45) is -0.735. The summed E-state index contributed by atoms with van der Waals surface area (Å²) in [7, 11) is 0. The third-order valence-corrected chi connectivity index (χ3v) is 10.9. The Labute approximate surface area is 319 Å². The molecule has 0 radical (unpaired) electrons. The molecule has 3 atom stereocenters. The van der Waals surface area contributed by atoms with E-state index in [1.165, 1.54) is 32.0 Å².